The molecule has 0 radical (unpaired) electrons. The van der Waals surface area contributed by atoms with Crippen LogP contribution in [0, 0.1) is 19.7 Å². The van der Waals surface area contributed by atoms with Gasteiger partial charge in [-0.25, -0.2) is 9.18 Å². The van der Waals surface area contributed by atoms with Gasteiger partial charge in [-0.1, -0.05) is 36.4 Å². The molecule has 0 saturated heterocycles. The fourth-order valence-electron chi connectivity index (χ4n) is 4.70. The van der Waals surface area contributed by atoms with Crippen molar-refractivity contribution in [3.63, 3.8) is 0 Å². The molecular formula is C25H27FN2O2. The van der Waals surface area contributed by atoms with E-state index in [1.165, 1.54) is 23.3 Å². The van der Waals surface area contributed by atoms with Gasteiger partial charge in [0.2, 0.25) is 0 Å². The first-order valence-corrected chi connectivity index (χ1v) is 10.4. The molecule has 2 N–H and O–H groups in total. The number of rotatable bonds is 6. The number of nitrogens with one attached hydrogen (secondary N) is 1. The zero-order valence-electron chi connectivity index (χ0n) is 17.4. The van der Waals surface area contributed by atoms with Gasteiger partial charge in [-0.05, 0) is 61.9 Å². The largest absolute Gasteiger partial charge is 0.478 e. The van der Waals surface area contributed by atoms with Crippen molar-refractivity contribution >= 4 is 5.97 Å². The van der Waals surface area contributed by atoms with E-state index in [9.17, 15) is 14.3 Å². The fourth-order valence-corrected chi connectivity index (χ4v) is 4.70. The molecule has 5 heteroatoms. The number of halogens is 1. The molecule has 0 fully saturated rings. The molecule has 4 rings (SSSR count). The third-order valence-corrected chi connectivity index (χ3v) is 6.25. The van der Waals surface area contributed by atoms with Crippen LogP contribution in [-0.2, 0) is 19.5 Å². The van der Waals surface area contributed by atoms with Crippen LogP contribution in [0.15, 0.2) is 48.5 Å². The summed E-state index contributed by atoms with van der Waals surface area (Å²) in [6, 6.07) is 15.2. The quantitative estimate of drug-likeness (QED) is 0.595. The molecule has 1 aliphatic carbocycles. The minimum absolute atomic E-state index is 0.225. The van der Waals surface area contributed by atoms with Crippen LogP contribution in [0.25, 0.3) is 0 Å². The van der Waals surface area contributed by atoms with Gasteiger partial charge >= 0.3 is 5.97 Å². The maximum absolute atomic E-state index is 13.6. The summed E-state index contributed by atoms with van der Waals surface area (Å²) < 4.78 is 15.6. The second-order valence-electron chi connectivity index (χ2n) is 8.07. The second kappa shape index (κ2) is 8.44. The van der Waals surface area contributed by atoms with Crippen molar-refractivity contribution in [2.45, 2.75) is 52.2 Å². The lowest BCUT2D eigenvalue weighted by molar-refractivity contribution is 0.0694. The first kappa shape index (κ1) is 20.4. The zero-order chi connectivity index (χ0) is 21.3. The van der Waals surface area contributed by atoms with Crippen LogP contribution in [0.3, 0.4) is 0 Å². The number of carboxylic acids is 1. The van der Waals surface area contributed by atoms with E-state index < -0.39 is 5.97 Å². The van der Waals surface area contributed by atoms with E-state index in [-0.39, 0.29) is 11.9 Å². The number of aromatic carboxylic acids is 1. The van der Waals surface area contributed by atoms with Gasteiger partial charge in [0.15, 0.2) is 0 Å². The Bertz CT molecular complexity index is 1090. The van der Waals surface area contributed by atoms with Crippen LogP contribution in [-0.4, -0.2) is 15.6 Å². The Kier molecular flexibility index (Phi) is 5.73. The summed E-state index contributed by atoms with van der Waals surface area (Å²) in [5.41, 5.74) is 6.26. The number of fused-ring (bicyclic) bond motifs is 1. The van der Waals surface area contributed by atoms with E-state index in [1.807, 2.05) is 24.5 Å². The van der Waals surface area contributed by atoms with Crippen molar-refractivity contribution < 1.29 is 14.3 Å². The van der Waals surface area contributed by atoms with Gasteiger partial charge in [0.1, 0.15) is 5.82 Å². The van der Waals surface area contributed by atoms with E-state index in [2.05, 4.69) is 29.6 Å². The van der Waals surface area contributed by atoms with Crippen molar-refractivity contribution in [2.24, 2.45) is 0 Å². The normalized spacial score (nSPS) is 15.8. The van der Waals surface area contributed by atoms with Crippen LogP contribution in [0.4, 0.5) is 4.39 Å². The lowest BCUT2D eigenvalue weighted by Crippen LogP contribution is -2.25. The maximum atomic E-state index is 13.6. The summed E-state index contributed by atoms with van der Waals surface area (Å²) in [6.45, 7) is 4.71. The molecule has 0 bridgehead atoms. The molecule has 1 unspecified atom stereocenters. The Morgan fingerprint density at radius 3 is 2.73 bits per heavy atom. The molecule has 4 nitrogen and oxygen atoms in total. The highest BCUT2D eigenvalue weighted by atomic mass is 19.1. The Hall–Kier alpha value is -2.92. The van der Waals surface area contributed by atoms with Gasteiger partial charge in [-0.15, -0.1) is 0 Å². The van der Waals surface area contributed by atoms with Gasteiger partial charge < -0.3 is 15.0 Å². The van der Waals surface area contributed by atoms with E-state index in [4.69, 9.17) is 0 Å². The van der Waals surface area contributed by atoms with E-state index in [0.29, 0.717) is 24.3 Å². The predicted octanol–water partition coefficient (Wildman–Crippen LogP) is 5.16. The molecule has 3 aromatic rings. The molecule has 156 valence electrons. The van der Waals surface area contributed by atoms with Crippen molar-refractivity contribution in [2.75, 3.05) is 0 Å². The molecule has 0 spiro atoms. The summed E-state index contributed by atoms with van der Waals surface area (Å²) in [4.78, 5) is 12.1. The van der Waals surface area contributed by atoms with Crippen molar-refractivity contribution in [3.05, 3.63) is 93.6 Å². The van der Waals surface area contributed by atoms with Crippen molar-refractivity contribution in [1.29, 1.82) is 0 Å². The summed E-state index contributed by atoms with van der Waals surface area (Å²) in [7, 11) is 0. The van der Waals surface area contributed by atoms with Crippen LogP contribution in [0.5, 0.6) is 0 Å². The molecule has 30 heavy (non-hydrogen) atoms. The van der Waals surface area contributed by atoms with Gasteiger partial charge in [0, 0.05) is 36.1 Å². The molecule has 1 heterocycles. The highest BCUT2D eigenvalue weighted by molar-refractivity contribution is 5.91. The Labute approximate surface area is 176 Å². The molecule has 2 aromatic carbocycles. The Balaban J connectivity index is 1.63. The van der Waals surface area contributed by atoms with E-state index in [1.54, 1.807) is 6.07 Å². The zero-order valence-corrected chi connectivity index (χ0v) is 17.4. The topological polar surface area (TPSA) is 54.3 Å². The van der Waals surface area contributed by atoms with Gasteiger partial charge in [0.25, 0.3) is 0 Å². The average molecular weight is 407 g/mol. The van der Waals surface area contributed by atoms with E-state index >= 15 is 0 Å². The van der Waals surface area contributed by atoms with Gasteiger partial charge in [0.05, 0.1) is 5.56 Å². The summed E-state index contributed by atoms with van der Waals surface area (Å²) in [5, 5.41) is 13.5. The SMILES string of the molecule is Cc1c(CNC2CCCc3ccccc32)c(C(=O)O)c(C)n1Cc1cccc(F)c1. The third kappa shape index (κ3) is 3.90. The maximum Gasteiger partial charge on any atom is 0.337 e. The number of aromatic nitrogens is 1. The molecule has 1 aromatic heterocycles. The minimum atomic E-state index is -0.922. The summed E-state index contributed by atoms with van der Waals surface area (Å²) in [5.74, 6) is -1.21. The number of nitrogens with zero attached hydrogens (tertiary/aromatic N) is 1. The van der Waals surface area contributed by atoms with Crippen LogP contribution >= 0.6 is 0 Å². The highest BCUT2D eigenvalue weighted by Crippen LogP contribution is 2.31. The highest BCUT2D eigenvalue weighted by Gasteiger charge is 2.25. The number of hydrogen-bond acceptors (Lipinski definition) is 2. The van der Waals surface area contributed by atoms with Gasteiger partial charge in [-0.2, -0.15) is 0 Å². The fraction of sp³-hybridized carbons (Fsp3) is 0.320. The Morgan fingerprint density at radius 1 is 1.17 bits per heavy atom. The van der Waals surface area contributed by atoms with Gasteiger partial charge in [-0.3, -0.25) is 0 Å². The Morgan fingerprint density at radius 2 is 1.97 bits per heavy atom. The number of aryl methyl sites for hydroxylation is 1. The second-order valence-corrected chi connectivity index (χ2v) is 8.07. The third-order valence-electron chi connectivity index (χ3n) is 6.25. The number of carbonyl (C=O) groups is 1. The number of benzene rings is 2. The first-order chi connectivity index (χ1) is 14.5. The van der Waals surface area contributed by atoms with Crippen LogP contribution in [0.2, 0.25) is 0 Å². The molecule has 0 aliphatic heterocycles. The summed E-state index contributed by atoms with van der Waals surface area (Å²) >= 11 is 0. The van der Waals surface area contributed by atoms with Crippen molar-refractivity contribution in [1.82, 2.24) is 9.88 Å². The smallest absolute Gasteiger partial charge is 0.337 e. The average Bonchev–Trinajstić information content (AvgIpc) is 2.96. The molecular weight excluding hydrogens is 379 g/mol. The number of hydrogen-bond donors (Lipinski definition) is 2. The lowest BCUT2D eigenvalue weighted by atomic mass is 9.87. The number of carboxylic acid groups (broad SMARTS) is 1. The van der Waals surface area contributed by atoms with Crippen LogP contribution < -0.4 is 5.32 Å². The predicted molar refractivity (Wildman–Crippen MR) is 115 cm³/mol. The standard InChI is InChI=1S/C25H27FN2O2/c1-16-22(14-27-23-12-6-9-19-8-3-4-11-21(19)23)24(25(29)30)17(2)28(16)15-18-7-5-10-20(26)13-18/h3-5,7-8,10-11,13,23,27H,6,9,12,14-15H2,1-2H3,(H,29,30). The van der Waals surface area contributed by atoms with Crippen molar-refractivity contribution in [3.8, 4) is 0 Å². The summed E-state index contributed by atoms with van der Waals surface area (Å²) in [6.07, 6.45) is 3.26. The molecule has 0 saturated carbocycles. The lowest BCUT2D eigenvalue weighted by Gasteiger charge is -2.26. The monoisotopic (exact) mass is 406 g/mol. The van der Waals surface area contributed by atoms with Crippen LogP contribution in [0.1, 0.15) is 62.9 Å². The molecule has 0 amide bonds. The van der Waals surface area contributed by atoms with E-state index in [0.717, 1.165) is 36.1 Å². The minimum Gasteiger partial charge on any atom is -0.478 e. The molecule has 1 aliphatic rings. The molecule has 1 atom stereocenters. The first-order valence-electron chi connectivity index (χ1n) is 10.4.